The highest BCUT2D eigenvalue weighted by molar-refractivity contribution is 6.01. The Kier molecular flexibility index (Phi) is 4.08. The van der Waals surface area contributed by atoms with Crippen LogP contribution >= 0.6 is 0 Å². The van der Waals surface area contributed by atoms with Crippen LogP contribution in [0.3, 0.4) is 0 Å². The number of hydrogen-bond acceptors (Lipinski definition) is 5. The predicted molar refractivity (Wildman–Crippen MR) is 80.3 cm³/mol. The normalized spacial score (nSPS) is 11.2. The van der Waals surface area contributed by atoms with E-state index in [1.54, 1.807) is 31.2 Å². The first-order chi connectivity index (χ1) is 9.95. The summed E-state index contributed by atoms with van der Waals surface area (Å²) in [5, 5.41) is 22.6. The lowest BCUT2D eigenvalue weighted by molar-refractivity contribution is 0.0954. The van der Waals surface area contributed by atoms with Gasteiger partial charge in [-0.3, -0.25) is 4.79 Å². The van der Waals surface area contributed by atoms with Gasteiger partial charge in [-0.2, -0.15) is 5.10 Å². The van der Waals surface area contributed by atoms with Crippen LogP contribution in [-0.2, 0) is 0 Å². The summed E-state index contributed by atoms with van der Waals surface area (Å²) in [5.41, 5.74) is 10.1. The van der Waals surface area contributed by atoms with Gasteiger partial charge in [-0.15, -0.1) is 0 Å². The first-order valence-corrected chi connectivity index (χ1v) is 6.19. The van der Waals surface area contributed by atoms with Crippen molar-refractivity contribution in [1.82, 2.24) is 5.43 Å². The number of nitrogens with two attached hydrogens (primary N) is 1. The topological polar surface area (TPSA) is 108 Å². The van der Waals surface area contributed by atoms with Crippen LogP contribution in [0.25, 0.3) is 0 Å². The molecule has 0 atom stereocenters. The Morgan fingerprint density at radius 2 is 1.62 bits per heavy atom. The Hall–Kier alpha value is -3.02. The Balaban J connectivity index is 2.12. The third-order valence-electron chi connectivity index (χ3n) is 2.82. The van der Waals surface area contributed by atoms with Gasteiger partial charge >= 0.3 is 0 Å². The van der Waals surface area contributed by atoms with Crippen LogP contribution in [0.2, 0.25) is 0 Å². The van der Waals surface area contributed by atoms with Crippen LogP contribution in [0, 0.1) is 0 Å². The number of phenols is 2. The van der Waals surface area contributed by atoms with E-state index < -0.39 is 5.91 Å². The van der Waals surface area contributed by atoms with Gasteiger partial charge in [0.1, 0.15) is 11.5 Å². The lowest BCUT2D eigenvalue weighted by Gasteiger charge is -2.04. The molecule has 0 unspecified atom stereocenters. The van der Waals surface area contributed by atoms with Crippen LogP contribution in [0.15, 0.2) is 47.6 Å². The van der Waals surface area contributed by atoms with E-state index in [0.717, 1.165) is 11.6 Å². The summed E-state index contributed by atoms with van der Waals surface area (Å²) in [5.74, 6) is -0.922. The molecule has 2 aromatic carbocycles. The van der Waals surface area contributed by atoms with Gasteiger partial charge in [-0.1, -0.05) is 12.1 Å². The molecule has 0 aliphatic rings. The van der Waals surface area contributed by atoms with Gasteiger partial charge in [0.25, 0.3) is 5.91 Å². The molecule has 21 heavy (non-hydrogen) atoms. The quantitative estimate of drug-likeness (QED) is 0.392. The Bertz CT molecular complexity index is 674. The second-order valence-electron chi connectivity index (χ2n) is 4.50. The number of aromatic hydroxyl groups is 2. The number of phenolic OH excluding ortho intramolecular Hbond substituents is 2. The lowest BCUT2D eigenvalue weighted by atomic mass is 10.1. The molecule has 6 nitrogen and oxygen atoms in total. The van der Waals surface area contributed by atoms with Gasteiger partial charge in [0.2, 0.25) is 0 Å². The summed E-state index contributed by atoms with van der Waals surface area (Å²) in [6.45, 7) is 1.74. The molecular formula is C15H15N3O3. The molecule has 0 radical (unpaired) electrons. The van der Waals surface area contributed by atoms with E-state index in [2.05, 4.69) is 10.5 Å². The largest absolute Gasteiger partial charge is 0.508 e. The van der Waals surface area contributed by atoms with E-state index in [-0.39, 0.29) is 17.1 Å². The fourth-order valence-corrected chi connectivity index (χ4v) is 1.71. The van der Waals surface area contributed by atoms with Crippen molar-refractivity contribution >= 4 is 17.3 Å². The standard InChI is InChI=1S/C15H15N3O3/c1-9(10-2-4-12(16)5-3-10)17-18-15(21)11-6-13(19)8-14(20)7-11/h2-8,19-20H,16H2,1H3,(H,18,21). The molecule has 0 saturated carbocycles. The number of amides is 1. The summed E-state index contributed by atoms with van der Waals surface area (Å²) in [7, 11) is 0. The van der Waals surface area contributed by atoms with E-state index >= 15 is 0 Å². The molecule has 0 spiro atoms. The molecule has 108 valence electrons. The van der Waals surface area contributed by atoms with Gasteiger partial charge in [-0.25, -0.2) is 5.43 Å². The molecule has 6 heteroatoms. The maximum absolute atomic E-state index is 11.9. The summed E-state index contributed by atoms with van der Waals surface area (Å²) in [6.07, 6.45) is 0. The molecular weight excluding hydrogens is 270 g/mol. The SMILES string of the molecule is CC(=NNC(=O)c1cc(O)cc(O)c1)c1ccc(N)cc1. The fourth-order valence-electron chi connectivity index (χ4n) is 1.71. The van der Waals surface area contributed by atoms with Crippen molar-refractivity contribution in [3.8, 4) is 11.5 Å². The molecule has 0 bridgehead atoms. The first kappa shape index (κ1) is 14.4. The summed E-state index contributed by atoms with van der Waals surface area (Å²) in [4.78, 5) is 11.9. The molecule has 1 amide bonds. The summed E-state index contributed by atoms with van der Waals surface area (Å²) in [6, 6.07) is 10.7. The third-order valence-corrected chi connectivity index (χ3v) is 2.82. The molecule has 5 N–H and O–H groups in total. The van der Waals surface area contributed by atoms with Gasteiger partial charge in [0.15, 0.2) is 0 Å². The first-order valence-electron chi connectivity index (χ1n) is 6.19. The minimum Gasteiger partial charge on any atom is -0.508 e. The molecule has 0 saturated heterocycles. The zero-order valence-corrected chi connectivity index (χ0v) is 11.4. The molecule has 2 rings (SSSR count). The maximum atomic E-state index is 11.9. The van der Waals surface area contributed by atoms with Crippen LogP contribution < -0.4 is 11.2 Å². The monoisotopic (exact) mass is 285 g/mol. The number of anilines is 1. The second-order valence-corrected chi connectivity index (χ2v) is 4.50. The zero-order chi connectivity index (χ0) is 15.4. The van der Waals surface area contributed by atoms with Crippen molar-refractivity contribution in [2.24, 2.45) is 5.10 Å². The number of carbonyl (C=O) groups is 1. The summed E-state index contributed by atoms with van der Waals surface area (Å²) < 4.78 is 0. The number of nitrogens with zero attached hydrogens (tertiary/aromatic N) is 1. The molecule has 0 fully saturated rings. The highest BCUT2D eigenvalue weighted by Crippen LogP contribution is 2.20. The number of benzene rings is 2. The zero-order valence-electron chi connectivity index (χ0n) is 11.4. The van der Waals surface area contributed by atoms with E-state index in [4.69, 9.17) is 5.73 Å². The van der Waals surface area contributed by atoms with Gasteiger partial charge in [0, 0.05) is 17.3 Å². The van der Waals surface area contributed by atoms with E-state index in [1.807, 2.05) is 0 Å². The van der Waals surface area contributed by atoms with Crippen molar-refractivity contribution in [3.63, 3.8) is 0 Å². The molecule has 0 aliphatic heterocycles. The summed E-state index contributed by atoms with van der Waals surface area (Å²) >= 11 is 0. The highest BCUT2D eigenvalue weighted by Gasteiger charge is 2.08. The van der Waals surface area contributed by atoms with Crippen molar-refractivity contribution in [3.05, 3.63) is 53.6 Å². The lowest BCUT2D eigenvalue weighted by Crippen LogP contribution is -2.19. The number of carbonyl (C=O) groups excluding carboxylic acids is 1. The molecule has 2 aromatic rings. The van der Waals surface area contributed by atoms with Crippen molar-refractivity contribution in [1.29, 1.82) is 0 Å². The van der Waals surface area contributed by atoms with Crippen LogP contribution in [0.5, 0.6) is 11.5 Å². The highest BCUT2D eigenvalue weighted by atomic mass is 16.3. The van der Waals surface area contributed by atoms with Crippen LogP contribution in [-0.4, -0.2) is 21.8 Å². The van der Waals surface area contributed by atoms with Crippen LogP contribution in [0.4, 0.5) is 5.69 Å². The second kappa shape index (κ2) is 5.96. The molecule has 0 heterocycles. The smallest absolute Gasteiger partial charge is 0.271 e. The average molecular weight is 285 g/mol. The third kappa shape index (κ3) is 3.73. The minimum atomic E-state index is -0.531. The van der Waals surface area contributed by atoms with Gasteiger partial charge in [0.05, 0.1) is 5.71 Å². The van der Waals surface area contributed by atoms with Crippen molar-refractivity contribution in [2.75, 3.05) is 5.73 Å². The fraction of sp³-hybridized carbons (Fsp3) is 0.0667. The van der Waals surface area contributed by atoms with Crippen molar-refractivity contribution in [2.45, 2.75) is 6.92 Å². The Morgan fingerprint density at radius 1 is 1.05 bits per heavy atom. The predicted octanol–water partition coefficient (Wildman–Crippen LogP) is 1.83. The minimum absolute atomic E-state index is 0.112. The Morgan fingerprint density at radius 3 is 2.19 bits per heavy atom. The number of rotatable bonds is 3. The van der Waals surface area contributed by atoms with Gasteiger partial charge < -0.3 is 15.9 Å². The number of nitrogen functional groups attached to an aromatic ring is 1. The van der Waals surface area contributed by atoms with Crippen LogP contribution in [0.1, 0.15) is 22.8 Å². The van der Waals surface area contributed by atoms with E-state index in [0.29, 0.717) is 11.4 Å². The van der Waals surface area contributed by atoms with Gasteiger partial charge in [-0.05, 0) is 36.8 Å². The van der Waals surface area contributed by atoms with E-state index in [1.165, 1.54) is 12.1 Å². The number of nitrogens with one attached hydrogen (secondary N) is 1. The van der Waals surface area contributed by atoms with Crippen molar-refractivity contribution < 1.29 is 15.0 Å². The van der Waals surface area contributed by atoms with E-state index in [9.17, 15) is 15.0 Å². The number of hydrazone groups is 1. The molecule has 0 aromatic heterocycles. The number of hydrogen-bond donors (Lipinski definition) is 4. The molecule has 0 aliphatic carbocycles. The maximum Gasteiger partial charge on any atom is 0.271 e. The average Bonchev–Trinajstić information content (AvgIpc) is 2.44. The Labute approximate surface area is 121 Å².